The van der Waals surface area contributed by atoms with Crippen LogP contribution in [-0.2, 0) is 9.59 Å². The van der Waals surface area contributed by atoms with E-state index in [2.05, 4.69) is 10.3 Å². The van der Waals surface area contributed by atoms with Crippen molar-refractivity contribution < 1.29 is 14.3 Å². The Kier molecular flexibility index (Phi) is 4.53. The molecule has 1 aromatic carbocycles. The first-order chi connectivity index (χ1) is 11.5. The summed E-state index contributed by atoms with van der Waals surface area (Å²) in [6, 6.07) is 7.25. The molecule has 7 heteroatoms. The highest BCUT2D eigenvalue weighted by Crippen LogP contribution is 2.28. The van der Waals surface area contributed by atoms with Crippen LogP contribution in [0.15, 0.2) is 24.3 Å². The summed E-state index contributed by atoms with van der Waals surface area (Å²) in [6.07, 6.45) is 0.210. The number of carbonyl (C=O) groups excluding carboxylic acids is 2. The maximum absolute atomic E-state index is 12.4. The molecule has 1 aromatic heterocycles. The van der Waals surface area contributed by atoms with Crippen molar-refractivity contribution in [2.45, 2.75) is 20.3 Å². The summed E-state index contributed by atoms with van der Waals surface area (Å²) < 4.78 is 5.12. The van der Waals surface area contributed by atoms with Crippen molar-refractivity contribution in [1.82, 2.24) is 4.98 Å². The van der Waals surface area contributed by atoms with Crippen molar-refractivity contribution in [3.05, 3.63) is 34.8 Å². The average Bonchev–Trinajstić information content (AvgIpc) is 3.10. The molecule has 0 spiro atoms. The van der Waals surface area contributed by atoms with Gasteiger partial charge in [0.15, 0.2) is 5.13 Å². The molecule has 1 fully saturated rings. The van der Waals surface area contributed by atoms with Gasteiger partial charge in [-0.2, -0.15) is 0 Å². The number of thiazole rings is 1. The van der Waals surface area contributed by atoms with Crippen LogP contribution < -0.4 is 15.0 Å². The van der Waals surface area contributed by atoms with E-state index in [1.165, 1.54) is 11.3 Å². The van der Waals surface area contributed by atoms with Crippen molar-refractivity contribution >= 4 is 34.0 Å². The number of aromatic nitrogens is 1. The number of methoxy groups -OCH3 is 1. The van der Waals surface area contributed by atoms with E-state index in [9.17, 15) is 9.59 Å². The molecule has 1 N–H and O–H groups in total. The molecule has 6 nitrogen and oxygen atoms in total. The molecule has 2 amide bonds. The summed E-state index contributed by atoms with van der Waals surface area (Å²) in [6.45, 7) is 4.25. The van der Waals surface area contributed by atoms with Gasteiger partial charge in [0, 0.05) is 23.5 Å². The lowest BCUT2D eigenvalue weighted by atomic mass is 10.1. The topological polar surface area (TPSA) is 71.5 Å². The van der Waals surface area contributed by atoms with Gasteiger partial charge in [-0.3, -0.25) is 9.59 Å². The zero-order valence-electron chi connectivity index (χ0n) is 13.8. The molecule has 0 saturated carbocycles. The van der Waals surface area contributed by atoms with Gasteiger partial charge in [-0.15, -0.1) is 11.3 Å². The van der Waals surface area contributed by atoms with Crippen molar-refractivity contribution in [1.29, 1.82) is 0 Å². The number of aryl methyl sites for hydroxylation is 2. The van der Waals surface area contributed by atoms with Gasteiger partial charge in [0.05, 0.1) is 18.7 Å². The first-order valence-corrected chi connectivity index (χ1v) is 8.49. The van der Waals surface area contributed by atoms with Crippen LogP contribution in [0.4, 0.5) is 10.8 Å². The fourth-order valence-electron chi connectivity index (χ4n) is 2.63. The van der Waals surface area contributed by atoms with Crippen molar-refractivity contribution in [2.24, 2.45) is 5.92 Å². The van der Waals surface area contributed by atoms with Gasteiger partial charge < -0.3 is 15.0 Å². The Morgan fingerprint density at radius 1 is 1.33 bits per heavy atom. The van der Waals surface area contributed by atoms with Crippen LogP contribution in [0.2, 0.25) is 0 Å². The normalized spacial score (nSPS) is 17.2. The number of carbonyl (C=O) groups is 2. The van der Waals surface area contributed by atoms with Crippen LogP contribution in [0.3, 0.4) is 0 Å². The summed E-state index contributed by atoms with van der Waals surface area (Å²) in [5.74, 6) is 0.151. The fourth-order valence-corrected chi connectivity index (χ4v) is 3.45. The van der Waals surface area contributed by atoms with E-state index in [1.807, 2.05) is 26.0 Å². The second-order valence-corrected chi connectivity index (χ2v) is 6.96. The first-order valence-electron chi connectivity index (χ1n) is 7.67. The maximum atomic E-state index is 12.4. The van der Waals surface area contributed by atoms with Crippen LogP contribution in [0, 0.1) is 19.8 Å². The highest BCUT2D eigenvalue weighted by Gasteiger charge is 2.35. The molecule has 0 radical (unpaired) electrons. The summed E-state index contributed by atoms with van der Waals surface area (Å²) in [7, 11) is 1.60. The Morgan fingerprint density at radius 3 is 2.62 bits per heavy atom. The van der Waals surface area contributed by atoms with Gasteiger partial charge in [0.1, 0.15) is 5.75 Å². The molecule has 1 atom stereocenters. The molecular weight excluding hydrogens is 326 g/mol. The monoisotopic (exact) mass is 345 g/mol. The Bertz CT molecular complexity index is 750. The number of benzene rings is 1. The van der Waals surface area contributed by atoms with E-state index in [1.54, 1.807) is 24.1 Å². The molecule has 0 aliphatic carbocycles. The van der Waals surface area contributed by atoms with Gasteiger partial charge >= 0.3 is 0 Å². The SMILES string of the molecule is COc1ccc(N2C[C@H](C(=O)Nc3nc(C)c(C)s3)CC2=O)cc1. The van der Waals surface area contributed by atoms with Crippen molar-refractivity contribution in [3.63, 3.8) is 0 Å². The van der Waals surface area contributed by atoms with Gasteiger partial charge in [-0.1, -0.05) is 0 Å². The van der Waals surface area contributed by atoms with Crippen LogP contribution >= 0.6 is 11.3 Å². The van der Waals surface area contributed by atoms with Gasteiger partial charge in [0.2, 0.25) is 11.8 Å². The van der Waals surface area contributed by atoms with E-state index in [0.29, 0.717) is 11.7 Å². The second-order valence-electron chi connectivity index (χ2n) is 5.75. The maximum Gasteiger partial charge on any atom is 0.231 e. The standard InChI is InChI=1S/C17H19N3O3S/c1-10-11(2)24-17(18-10)19-16(22)12-8-15(21)20(9-12)13-4-6-14(23-3)7-5-13/h4-7,12H,8-9H2,1-3H3,(H,18,19,22)/t12-/m1/s1. The van der Waals surface area contributed by atoms with Crippen LogP contribution in [0.5, 0.6) is 5.75 Å². The minimum atomic E-state index is -0.371. The largest absolute Gasteiger partial charge is 0.497 e. The summed E-state index contributed by atoms with van der Waals surface area (Å²) in [5, 5.41) is 3.41. The molecule has 3 rings (SSSR count). The Labute approximate surface area is 144 Å². The number of hydrogen-bond acceptors (Lipinski definition) is 5. The lowest BCUT2D eigenvalue weighted by molar-refractivity contribution is -0.122. The van der Waals surface area contributed by atoms with E-state index >= 15 is 0 Å². The number of hydrogen-bond donors (Lipinski definition) is 1. The third-order valence-corrected chi connectivity index (χ3v) is 5.13. The van der Waals surface area contributed by atoms with Crippen LogP contribution in [-0.4, -0.2) is 30.5 Å². The first kappa shape index (κ1) is 16.4. The zero-order valence-corrected chi connectivity index (χ0v) is 14.6. The van der Waals surface area contributed by atoms with E-state index in [0.717, 1.165) is 22.0 Å². The van der Waals surface area contributed by atoms with Crippen molar-refractivity contribution in [2.75, 3.05) is 23.9 Å². The molecule has 0 unspecified atom stereocenters. The number of rotatable bonds is 4. The van der Waals surface area contributed by atoms with E-state index in [-0.39, 0.29) is 24.2 Å². The predicted octanol–water partition coefficient (Wildman–Crippen LogP) is 2.76. The molecule has 2 aromatic rings. The number of nitrogens with one attached hydrogen (secondary N) is 1. The van der Waals surface area contributed by atoms with Gasteiger partial charge in [-0.05, 0) is 38.1 Å². The molecule has 1 aliphatic heterocycles. The summed E-state index contributed by atoms with van der Waals surface area (Å²) in [5.41, 5.74) is 1.69. The molecule has 2 heterocycles. The third-order valence-electron chi connectivity index (χ3n) is 4.14. The summed E-state index contributed by atoms with van der Waals surface area (Å²) >= 11 is 1.45. The highest BCUT2D eigenvalue weighted by atomic mass is 32.1. The minimum absolute atomic E-state index is 0.0492. The van der Waals surface area contributed by atoms with E-state index in [4.69, 9.17) is 4.74 Å². The Hall–Kier alpha value is -2.41. The molecule has 126 valence electrons. The smallest absolute Gasteiger partial charge is 0.231 e. The minimum Gasteiger partial charge on any atom is -0.497 e. The molecular formula is C17H19N3O3S. The predicted molar refractivity (Wildman–Crippen MR) is 93.7 cm³/mol. The quantitative estimate of drug-likeness (QED) is 0.925. The van der Waals surface area contributed by atoms with E-state index < -0.39 is 0 Å². The number of amides is 2. The van der Waals surface area contributed by atoms with Gasteiger partial charge in [0.25, 0.3) is 0 Å². The Balaban J connectivity index is 1.68. The zero-order chi connectivity index (χ0) is 17.3. The van der Waals surface area contributed by atoms with Gasteiger partial charge in [-0.25, -0.2) is 4.98 Å². The average molecular weight is 345 g/mol. The van der Waals surface area contributed by atoms with Crippen LogP contribution in [0.1, 0.15) is 17.0 Å². The molecule has 1 saturated heterocycles. The van der Waals surface area contributed by atoms with Crippen LogP contribution in [0.25, 0.3) is 0 Å². The Morgan fingerprint density at radius 2 is 2.04 bits per heavy atom. The third kappa shape index (κ3) is 3.26. The lowest BCUT2D eigenvalue weighted by Crippen LogP contribution is -2.28. The molecule has 0 bridgehead atoms. The second kappa shape index (κ2) is 6.60. The number of anilines is 2. The molecule has 24 heavy (non-hydrogen) atoms. The molecule has 1 aliphatic rings. The highest BCUT2D eigenvalue weighted by molar-refractivity contribution is 7.15. The fraction of sp³-hybridized carbons (Fsp3) is 0.353. The number of nitrogens with zero attached hydrogens (tertiary/aromatic N) is 2. The lowest BCUT2D eigenvalue weighted by Gasteiger charge is -2.16. The summed E-state index contributed by atoms with van der Waals surface area (Å²) in [4.78, 5) is 31.7. The van der Waals surface area contributed by atoms with Crippen molar-refractivity contribution in [3.8, 4) is 5.75 Å². The number of ether oxygens (including phenoxy) is 1.